The van der Waals surface area contributed by atoms with Crippen molar-refractivity contribution >= 4 is 39.3 Å². The van der Waals surface area contributed by atoms with E-state index >= 15 is 0 Å². The van der Waals surface area contributed by atoms with Gasteiger partial charge in [-0.15, -0.1) is 10.2 Å². The molecule has 0 radical (unpaired) electrons. The van der Waals surface area contributed by atoms with Crippen molar-refractivity contribution in [3.05, 3.63) is 63.9 Å². The van der Waals surface area contributed by atoms with Gasteiger partial charge in [-0.3, -0.25) is 4.79 Å². The lowest BCUT2D eigenvalue weighted by atomic mass is 10.1. The molecule has 0 fully saturated rings. The fraction of sp³-hybridized carbons (Fsp3) is 0.318. The summed E-state index contributed by atoms with van der Waals surface area (Å²) in [6.45, 7) is 8.73. The van der Waals surface area contributed by atoms with Crippen molar-refractivity contribution < 1.29 is 9.53 Å². The molecule has 0 saturated heterocycles. The first-order valence-electron chi connectivity index (χ1n) is 9.73. The number of anilines is 1. The van der Waals surface area contributed by atoms with Gasteiger partial charge in [-0.1, -0.05) is 30.0 Å². The lowest BCUT2D eigenvalue weighted by molar-refractivity contribution is -0.113. The van der Waals surface area contributed by atoms with Gasteiger partial charge < -0.3 is 14.6 Å². The predicted molar refractivity (Wildman–Crippen MR) is 124 cm³/mol. The number of para-hydroxylation sites is 1. The highest BCUT2D eigenvalue weighted by Gasteiger charge is 2.19. The molecule has 0 aliphatic rings. The fourth-order valence-electron chi connectivity index (χ4n) is 2.95. The fourth-order valence-corrected chi connectivity index (χ4v) is 4.32. The van der Waals surface area contributed by atoms with Crippen LogP contribution in [0.1, 0.15) is 36.9 Å². The summed E-state index contributed by atoms with van der Waals surface area (Å²) in [6.07, 6.45) is -0.255. The minimum absolute atomic E-state index is 0.0928. The molecule has 0 spiro atoms. The van der Waals surface area contributed by atoms with Gasteiger partial charge in [-0.2, -0.15) is 0 Å². The van der Waals surface area contributed by atoms with Crippen molar-refractivity contribution in [2.75, 3.05) is 11.1 Å². The van der Waals surface area contributed by atoms with Gasteiger partial charge in [0.05, 0.1) is 11.4 Å². The number of ether oxygens (including phenoxy) is 1. The van der Waals surface area contributed by atoms with Gasteiger partial charge >= 0.3 is 0 Å². The van der Waals surface area contributed by atoms with E-state index in [1.165, 1.54) is 17.3 Å². The van der Waals surface area contributed by atoms with Crippen molar-refractivity contribution in [2.45, 2.75) is 45.5 Å². The van der Waals surface area contributed by atoms with Crippen LogP contribution in [-0.2, 0) is 11.3 Å². The van der Waals surface area contributed by atoms with E-state index in [0.29, 0.717) is 11.7 Å². The number of aromatic nitrogens is 3. The highest BCUT2D eigenvalue weighted by molar-refractivity contribution is 9.10. The van der Waals surface area contributed by atoms with E-state index in [9.17, 15) is 4.79 Å². The van der Waals surface area contributed by atoms with Crippen LogP contribution in [0.3, 0.4) is 0 Å². The number of nitrogens with zero attached hydrogens (tertiary/aromatic N) is 3. The number of halogens is 1. The normalized spacial score (nSPS) is 11.9. The van der Waals surface area contributed by atoms with Gasteiger partial charge in [-0.25, -0.2) is 0 Å². The molecule has 1 amide bonds. The van der Waals surface area contributed by atoms with Crippen LogP contribution in [0.2, 0.25) is 0 Å². The number of hydrogen-bond donors (Lipinski definition) is 1. The summed E-state index contributed by atoms with van der Waals surface area (Å²) in [5.41, 5.74) is 3.07. The smallest absolute Gasteiger partial charge is 0.234 e. The van der Waals surface area contributed by atoms with Gasteiger partial charge in [0.25, 0.3) is 0 Å². The minimum atomic E-state index is -0.255. The summed E-state index contributed by atoms with van der Waals surface area (Å²) in [5.74, 6) is 1.67. The maximum Gasteiger partial charge on any atom is 0.234 e. The van der Waals surface area contributed by atoms with Crippen LogP contribution in [0.5, 0.6) is 5.75 Å². The number of aryl methyl sites for hydroxylation is 2. The summed E-state index contributed by atoms with van der Waals surface area (Å²) in [7, 11) is 0. The molecule has 0 aliphatic heterocycles. The summed E-state index contributed by atoms with van der Waals surface area (Å²) in [5, 5.41) is 12.2. The molecule has 8 heteroatoms. The Kier molecular flexibility index (Phi) is 7.55. The highest BCUT2D eigenvalue weighted by atomic mass is 79.9. The number of benzene rings is 2. The Balaban J connectivity index is 1.64. The summed E-state index contributed by atoms with van der Waals surface area (Å²) < 4.78 is 8.83. The van der Waals surface area contributed by atoms with E-state index < -0.39 is 0 Å². The average molecular weight is 489 g/mol. The zero-order valence-electron chi connectivity index (χ0n) is 17.5. The Bertz CT molecular complexity index is 1020. The van der Waals surface area contributed by atoms with Crippen LogP contribution in [0, 0.1) is 13.8 Å². The average Bonchev–Trinajstić information content (AvgIpc) is 3.14. The van der Waals surface area contributed by atoms with E-state index in [0.717, 1.165) is 27.3 Å². The first-order chi connectivity index (χ1) is 14.4. The molecular weight excluding hydrogens is 464 g/mol. The second kappa shape index (κ2) is 10.1. The predicted octanol–water partition coefficient (Wildman–Crippen LogP) is 5.55. The van der Waals surface area contributed by atoms with Crippen LogP contribution in [0.4, 0.5) is 5.69 Å². The zero-order chi connectivity index (χ0) is 21.7. The molecule has 1 heterocycles. The molecule has 3 aromatic rings. The topological polar surface area (TPSA) is 69.0 Å². The van der Waals surface area contributed by atoms with E-state index in [1.807, 2.05) is 74.7 Å². The standard InChI is InChI=1S/C22H25BrN4O2S/c1-5-27-21(16(4)29-17-9-7-6-8-10-17)25-26-22(27)30-13-20(28)24-19-12-15(3)14(2)11-18(19)23/h6-12,16H,5,13H2,1-4H3,(H,24,28)/t16-/m0/s1. The molecule has 30 heavy (non-hydrogen) atoms. The van der Waals surface area contributed by atoms with Gasteiger partial charge in [-0.05, 0) is 79.0 Å². The monoisotopic (exact) mass is 488 g/mol. The third kappa shape index (κ3) is 5.43. The molecule has 3 rings (SSSR count). The van der Waals surface area contributed by atoms with Crippen molar-refractivity contribution in [1.82, 2.24) is 14.8 Å². The lowest BCUT2D eigenvalue weighted by Crippen LogP contribution is -2.16. The Morgan fingerprint density at radius 3 is 2.60 bits per heavy atom. The summed E-state index contributed by atoms with van der Waals surface area (Å²) in [4.78, 5) is 12.5. The highest BCUT2D eigenvalue weighted by Crippen LogP contribution is 2.27. The number of thioether (sulfide) groups is 1. The van der Waals surface area contributed by atoms with Crippen molar-refractivity contribution in [3.8, 4) is 5.75 Å². The second-order valence-corrected chi connectivity index (χ2v) is 8.71. The molecule has 0 saturated carbocycles. The SMILES string of the molecule is CCn1c(SCC(=O)Nc2cc(C)c(C)cc2Br)nnc1[C@H](C)Oc1ccccc1. The molecule has 0 unspecified atom stereocenters. The molecular formula is C22H25BrN4O2S. The van der Waals surface area contributed by atoms with E-state index in [2.05, 4.69) is 31.4 Å². The van der Waals surface area contributed by atoms with Gasteiger partial charge in [0, 0.05) is 11.0 Å². The zero-order valence-corrected chi connectivity index (χ0v) is 19.9. The third-order valence-electron chi connectivity index (χ3n) is 4.67. The molecule has 158 valence electrons. The van der Waals surface area contributed by atoms with Crippen LogP contribution >= 0.6 is 27.7 Å². The van der Waals surface area contributed by atoms with Crippen molar-refractivity contribution in [1.29, 1.82) is 0 Å². The quantitative estimate of drug-likeness (QED) is 0.421. The Morgan fingerprint density at radius 2 is 1.90 bits per heavy atom. The van der Waals surface area contributed by atoms with Crippen LogP contribution in [-0.4, -0.2) is 26.4 Å². The number of hydrogen-bond acceptors (Lipinski definition) is 5. The van der Waals surface area contributed by atoms with Crippen molar-refractivity contribution in [3.63, 3.8) is 0 Å². The van der Waals surface area contributed by atoms with E-state index in [1.54, 1.807) is 0 Å². The molecule has 0 aliphatic carbocycles. The lowest BCUT2D eigenvalue weighted by Gasteiger charge is -2.15. The van der Waals surface area contributed by atoms with Gasteiger partial charge in [0.15, 0.2) is 17.1 Å². The number of amides is 1. The summed E-state index contributed by atoms with van der Waals surface area (Å²) in [6, 6.07) is 13.6. The van der Waals surface area contributed by atoms with E-state index in [4.69, 9.17) is 4.74 Å². The first-order valence-corrected chi connectivity index (χ1v) is 11.5. The van der Waals surface area contributed by atoms with Crippen LogP contribution in [0.15, 0.2) is 52.1 Å². The number of nitrogens with one attached hydrogen (secondary N) is 1. The maximum atomic E-state index is 12.5. The molecule has 1 N–H and O–H groups in total. The number of carbonyl (C=O) groups excluding carboxylic acids is 1. The minimum Gasteiger partial charge on any atom is -0.483 e. The van der Waals surface area contributed by atoms with Gasteiger partial charge in [0.2, 0.25) is 5.91 Å². The maximum absolute atomic E-state index is 12.5. The third-order valence-corrected chi connectivity index (χ3v) is 6.29. The second-order valence-electron chi connectivity index (χ2n) is 6.91. The van der Waals surface area contributed by atoms with E-state index in [-0.39, 0.29) is 17.8 Å². The Hall–Kier alpha value is -2.32. The molecule has 2 aromatic carbocycles. The Labute approximate surface area is 189 Å². The van der Waals surface area contributed by atoms with Crippen LogP contribution < -0.4 is 10.1 Å². The first kappa shape index (κ1) is 22.4. The Morgan fingerprint density at radius 1 is 1.20 bits per heavy atom. The molecule has 0 bridgehead atoms. The largest absolute Gasteiger partial charge is 0.483 e. The summed E-state index contributed by atoms with van der Waals surface area (Å²) >= 11 is 4.88. The molecule has 1 aromatic heterocycles. The number of rotatable bonds is 8. The molecule has 1 atom stereocenters. The molecule has 6 nitrogen and oxygen atoms in total. The van der Waals surface area contributed by atoms with Gasteiger partial charge in [0.1, 0.15) is 5.75 Å². The number of carbonyl (C=O) groups is 1. The van der Waals surface area contributed by atoms with Crippen molar-refractivity contribution in [2.24, 2.45) is 0 Å². The van der Waals surface area contributed by atoms with Crippen LogP contribution in [0.25, 0.3) is 0 Å².